The van der Waals surface area contributed by atoms with Crippen molar-refractivity contribution in [2.45, 2.75) is 50.5 Å². The summed E-state index contributed by atoms with van der Waals surface area (Å²) in [4.78, 5) is 12.3. The predicted molar refractivity (Wildman–Crippen MR) is 91.2 cm³/mol. The third kappa shape index (κ3) is 4.96. The van der Waals surface area contributed by atoms with Gasteiger partial charge in [-0.05, 0) is 42.4 Å². The second-order valence-electron chi connectivity index (χ2n) is 7.00. The molecule has 1 saturated carbocycles. The van der Waals surface area contributed by atoms with Gasteiger partial charge >= 0.3 is 6.03 Å². The molecule has 0 unspecified atom stereocenters. The molecule has 128 valence electrons. The summed E-state index contributed by atoms with van der Waals surface area (Å²) in [5.41, 5.74) is 1.16. The van der Waals surface area contributed by atoms with Gasteiger partial charge < -0.3 is 10.6 Å². The average molecular weight is 338 g/mol. The van der Waals surface area contributed by atoms with Crippen molar-refractivity contribution in [3.8, 4) is 0 Å². The molecule has 2 amide bonds. The fourth-order valence-corrected chi connectivity index (χ4v) is 3.66. The van der Waals surface area contributed by atoms with Crippen LogP contribution in [0.3, 0.4) is 0 Å². The first-order chi connectivity index (χ1) is 10.7. The minimum atomic E-state index is -3.16. The Morgan fingerprint density at radius 3 is 2.43 bits per heavy atom. The highest BCUT2D eigenvalue weighted by Gasteiger charge is 2.35. The van der Waals surface area contributed by atoms with Gasteiger partial charge in [0.1, 0.15) is 0 Å². The third-order valence-electron chi connectivity index (χ3n) is 4.61. The summed E-state index contributed by atoms with van der Waals surface area (Å²) < 4.78 is 22.8. The van der Waals surface area contributed by atoms with E-state index in [2.05, 4.69) is 24.5 Å². The molecule has 2 rings (SSSR count). The van der Waals surface area contributed by atoms with Crippen molar-refractivity contribution in [3.63, 3.8) is 0 Å². The summed E-state index contributed by atoms with van der Waals surface area (Å²) >= 11 is 0. The van der Waals surface area contributed by atoms with Crippen molar-refractivity contribution < 1.29 is 13.2 Å². The number of sulfone groups is 1. The fraction of sp³-hybridized carbons (Fsp3) is 0.588. The zero-order valence-corrected chi connectivity index (χ0v) is 14.9. The Hall–Kier alpha value is -1.56. The molecule has 6 heteroatoms. The van der Waals surface area contributed by atoms with Crippen molar-refractivity contribution in [1.29, 1.82) is 0 Å². The highest BCUT2D eigenvalue weighted by Crippen LogP contribution is 2.36. The van der Waals surface area contributed by atoms with E-state index in [1.165, 1.54) is 6.26 Å². The SMILES string of the molecule is CC1(C)CCC[C@H]1NC(=O)NCCc1ccc(S(C)(=O)=O)cc1. The molecule has 1 aliphatic rings. The molecule has 0 radical (unpaired) electrons. The van der Waals surface area contributed by atoms with Gasteiger partial charge in [-0.2, -0.15) is 0 Å². The lowest BCUT2D eigenvalue weighted by Crippen LogP contribution is -2.46. The Morgan fingerprint density at radius 2 is 1.91 bits per heavy atom. The topological polar surface area (TPSA) is 75.3 Å². The highest BCUT2D eigenvalue weighted by atomic mass is 32.2. The Bertz CT molecular complexity index is 651. The zero-order valence-electron chi connectivity index (χ0n) is 14.1. The Morgan fingerprint density at radius 1 is 1.26 bits per heavy atom. The number of carbonyl (C=O) groups excluding carboxylic acids is 1. The molecule has 0 saturated heterocycles. The Labute approximate surface area is 138 Å². The van der Waals surface area contributed by atoms with Gasteiger partial charge in [0.25, 0.3) is 0 Å². The van der Waals surface area contributed by atoms with E-state index in [0.29, 0.717) is 17.9 Å². The van der Waals surface area contributed by atoms with Crippen LogP contribution in [0.15, 0.2) is 29.2 Å². The van der Waals surface area contributed by atoms with E-state index in [0.717, 1.165) is 24.8 Å². The summed E-state index contributed by atoms with van der Waals surface area (Å²) in [5, 5.41) is 5.93. The molecule has 1 aliphatic carbocycles. The van der Waals surface area contributed by atoms with E-state index in [9.17, 15) is 13.2 Å². The number of carbonyl (C=O) groups is 1. The molecule has 5 nitrogen and oxygen atoms in total. The van der Waals surface area contributed by atoms with E-state index in [1.807, 2.05) is 0 Å². The van der Waals surface area contributed by atoms with Crippen LogP contribution in [0.1, 0.15) is 38.7 Å². The first-order valence-corrected chi connectivity index (χ1v) is 9.91. The number of nitrogens with one attached hydrogen (secondary N) is 2. The molecule has 0 heterocycles. The minimum Gasteiger partial charge on any atom is -0.338 e. The summed E-state index contributed by atoms with van der Waals surface area (Å²) in [6.45, 7) is 4.90. The van der Waals surface area contributed by atoms with Gasteiger partial charge in [-0.3, -0.25) is 0 Å². The van der Waals surface area contributed by atoms with E-state index in [-0.39, 0.29) is 17.5 Å². The number of hydrogen-bond donors (Lipinski definition) is 2. The van der Waals surface area contributed by atoms with Crippen molar-refractivity contribution >= 4 is 15.9 Å². The molecule has 23 heavy (non-hydrogen) atoms. The number of rotatable bonds is 5. The predicted octanol–water partition coefficient (Wildman–Crippen LogP) is 2.51. The van der Waals surface area contributed by atoms with Gasteiger partial charge in [-0.1, -0.05) is 32.4 Å². The average Bonchev–Trinajstić information content (AvgIpc) is 2.77. The summed E-state index contributed by atoms with van der Waals surface area (Å²) in [6.07, 6.45) is 5.20. The van der Waals surface area contributed by atoms with E-state index in [4.69, 9.17) is 0 Å². The molecule has 1 aromatic rings. The van der Waals surface area contributed by atoms with E-state index < -0.39 is 9.84 Å². The molecule has 1 atom stereocenters. The van der Waals surface area contributed by atoms with Crippen LogP contribution in [-0.2, 0) is 16.3 Å². The van der Waals surface area contributed by atoms with Crippen LogP contribution in [0, 0.1) is 5.41 Å². The van der Waals surface area contributed by atoms with Crippen molar-refractivity contribution in [2.75, 3.05) is 12.8 Å². The van der Waals surface area contributed by atoms with Gasteiger partial charge in [-0.15, -0.1) is 0 Å². The van der Waals surface area contributed by atoms with Gasteiger partial charge in [0.05, 0.1) is 4.90 Å². The quantitative estimate of drug-likeness (QED) is 0.866. The van der Waals surface area contributed by atoms with Gasteiger partial charge in [-0.25, -0.2) is 13.2 Å². The molecule has 1 fully saturated rings. The van der Waals surface area contributed by atoms with Crippen molar-refractivity contribution in [2.24, 2.45) is 5.41 Å². The lowest BCUT2D eigenvalue weighted by atomic mass is 9.87. The molecule has 0 aromatic heterocycles. The maximum Gasteiger partial charge on any atom is 0.315 e. The molecule has 0 bridgehead atoms. The minimum absolute atomic E-state index is 0.127. The van der Waals surface area contributed by atoms with Crippen molar-refractivity contribution in [1.82, 2.24) is 10.6 Å². The summed E-state index contributed by atoms with van der Waals surface area (Å²) in [6, 6.07) is 6.89. The van der Waals surface area contributed by atoms with Crippen LogP contribution in [0.4, 0.5) is 4.79 Å². The Balaban J connectivity index is 1.77. The fourth-order valence-electron chi connectivity index (χ4n) is 3.03. The lowest BCUT2D eigenvalue weighted by molar-refractivity contribution is 0.222. The van der Waals surface area contributed by atoms with E-state index in [1.54, 1.807) is 24.3 Å². The molecule has 1 aromatic carbocycles. The van der Waals surface area contributed by atoms with Gasteiger partial charge in [0.2, 0.25) is 0 Å². The molecular weight excluding hydrogens is 312 g/mol. The maximum atomic E-state index is 12.0. The van der Waals surface area contributed by atoms with Gasteiger partial charge in [0, 0.05) is 18.8 Å². The van der Waals surface area contributed by atoms with Crippen LogP contribution < -0.4 is 10.6 Å². The largest absolute Gasteiger partial charge is 0.338 e. The molecule has 0 spiro atoms. The number of urea groups is 1. The van der Waals surface area contributed by atoms with Crippen molar-refractivity contribution in [3.05, 3.63) is 29.8 Å². The van der Waals surface area contributed by atoms with Crippen LogP contribution in [0.25, 0.3) is 0 Å². The molecule has 2 N–H and O–H groups in total. The normalized spacial score (nSPS) is 20.2. The van der Waals surface area contributed by atoms with Crippen LogP contribution in [0.5, 0.6) is 0 Å². The highest BCUT2D eigenvalue weighted by molar-refractivity contribution is 7.90. The lowest BCUT2D eigenvalue weighted by Gasteiger charge is -2.27. The standard InChI is InChI=1S/C17H26N2O3S/c1-17(2)11-4-5-15(17)19-16(20)18-12-10-13-6-8-14(9-7-13)23(3,21)22/h6-9,15H,4-5,10-12H2,1-3H3,(H2,18,19,20)/t15-/m1/s1. The van der Waals surface area contributed by atoms with E-state index >= 15 is 0 Å². The molecular formula is C17H26N2O3S. The monoisotopic (exact) mass is 338 g/mol. The number of amides is 2. The van der Waals surface area contributed by atoms with Gasteiger partial charge in [0.15, 0.2) is 9.84 Å². The first-order valence-electron chi connectivity index (χ1n) is 8.02. The smallest absolute Gasteiger partial charge is 0.315 e. The third-order valence-corrected chi connectivity index (χ3v) is 5.74. The maximum absolute atomic E-state index is 12.0. The number of benzene rings is 1. The summed E-state index contributed by atoms with van der Waals surface area (Å²) in [7, 11) is -3.16. The molecule has 0 aliphatic heterocycles. The van der Waals surface area contributed by atoms with Crippen LogP contribution in [-0.4, -0.2) is 33.3 Å². The number of hydrogen-bond acceptors (Lipinski definition) is 3. The van der Waals surface area contributed by atoms with Crippen LogP contribution >= 0.6 is 0 Å². The van der Waals surface area contributed by atoms with Crippen LogP contribution in [0.2, 0.25) is 0 Å². The second kappa shape index (κ2) is 6.91. The summed E-state index contributed by atoms with van der Waals surface area (Å²) in [5.74, 6) is 0. The second-order valence-corrected chi connectivity index (χ2v) is 9.02. The first kappa shape index (κ1) is 17.8. The zero-order chi connectivity index (χ0) is 17.1. The Kier molecular flexibility index (Phi) is 5.34.